The van der Waals surface area contributed by atoms with Gasteiger partial charge in [-0.3, -0.25) is 9.59 Å². The van der Waals surface area contributed by atoms with Crippen molar-refractivity contribution in [1.29, 1.82) is 0 Å². The lowest BCUT2D eigenvalue weighted by Crippen LogP contribution is -2.42. The van der Waals surface area contributed by atoms with E-state index in [0.29, 0.717) is 28.3 Å². The van der Waals surface area contributed by atoms with Gasteiger partial charge in [0.15, 0.2) is 0 Å². The number of carbonyl (C=O) groups excluding carboxylic acids is 3. The van der Waals surface area contributed by atoms with Crippen molar-refractivity contribution in [2.75, 3.05) is 5.32 Å². The number of carbonyl (C=O) groups is 3. The van der Waals surface area contributed by atoms with Crippen LogP contribution in [-0.4, -0.2) is 34.6 Å². The van der Waals surface area contributed by atoms with Crippen LogP contribution >= 0.6 is 11.6 Å². The summed E-state index contributed by atoms with van der Waals surface area (Å²) in [5, 5.41) is 10.8. The Morgan fingerprint density at radius 2 is 1.96 bits per heavy atom. The Morgan fingerprint density at radius 3 is 2.61 bits per heavy atom. The molecule has 1 saturated heterocycles. The van der Waals surface area contributed by atoms with E-state index < -0.39 is 17.5 Å². The summed E-state index contributed by atoms with van der Waals surface area (Å²) in [6, 6.07) is 12.9. The van der Waals surface area contributed by atoms with E-state index in [0.717, 1.165) is 5.01 Å². The van der Waals surface area contributed by atoms with Gasteiger partial charge >= 0.3 is 6.03 Å². The summed E-state index contributed by atoms with van der Waals surface area (Å²) in [7, 11) is 0. The lowest BCUT2D eigenvalue weighted by molar-refractivity contribution is -0.130. The van der Waals surface area contributed by atoms with E-state index in [1.807, 2.05) is 6.92 Å². The maximum Gasteiger partial charge on any atom is 0.346 e. The van der Waals surface area contributed by atoms with Gasteiger partial charge in [0.05, 0.1) is 6.21 Å². The lowest BCUT2D eigenvalue weighted by atomic mass is 10.00. The van der Waals surface area contributed by atoms with Gasteiger partial charge in [0, 0.05) is 16.3 Å². The van der Waals surface area contributed by atoms with E-state index in [-0.39, 0.29) is 5.91 Å². The molecule has 1 heterocycles. The molecule has 8 heteroatoms. The van der Waals surface area contributed by atoms with Crippen molar-refractivity contribution in [2.24, 2.45) is 5.10 Å². The molecule has 0 aliphatic carbocycles. The first kappa shape index (κ1) is 19.6. The summed E-state index contributed by atoms with van der Waals surface area (Å²) in [6.07, 6.45) is 1.87. The Morgan fingerprint density at radius 1 is 1.25 bits per heavy atom. The largest absolute Gasteiger partial charge is 0.346 e. The van der Waals surface area contributed by atoms with Crippen LogP contribution in [0.4, 0.5) is 10.5 Å². The zero-order chi connectivity index (χ0) is 20.3. The van der Waals surface area contributed by atoms with Crippen molar-refractivity contribution in [2.45, 2.75) is 25.8 Å². The Hall–Kier alpha value is -3.19. The molecule has 2 N–H and O–H groups in total. The van der Waals surface area contributed by atoms with Crippen LogP contribution in [0.3, 0.4) is 0 Å². The zero-order valence-electron chi connectivity index (χ0n) is 15.4. The van der Waals surface area contributed by atoms with Gasteiger partial charge in [-0.25, -0.2) is 4.79 Å². The lowest BCUT2D eigenvalue weighted by Gasteiger charge is -2.17. The Kier molecular flexibility index (Phi) is 5.46. The monoisotopic (exact) mass is 398 g/mol. The van der Waals surface area contributed by atoms with Gasteiger partial charge < -0.3 is 10.6 Å². The maximum atomic E-state index is 12.3. The van der Waals surface area contributed by atoms with Crippen molar-refractivity contribution in [1.82, 2.24) is 10.3 Å². The van der Waals surface area contributed by atoms with Gasteiger partial charge in [0.1, 0.15) is 5.54 Å². The Bertz CT molecular complexity index is 958. The molecular formula is C20H19ClN4O3. The standard InChI is InChI=1S/C20H19ClN4O3/c1-3-20(2)18(27)25(19(28)24-20)22-12-13-5-4-6-16(11-13)23-17(26)14-7-9-15(21)10-8-14/h4-12H,3H2,1-2H3,(H,23,26)(H,24,28)/b22-12+. The fourth-order valence-electron chi connectivity index (χ4n) is 2.64. The first-order valence-electron chi connectivity index (χ1n) is 8.70. The van der Waals surface area contributed by atoms with Crippen LogP contribution in [0.2, 0.25) is 5.02 Å². The molecule has 2 aromatic carbocycles. The number of imide groups is 1. The number of nitrogens with one attached hydrogen (secondary N) is 2. The molecule has 0 bridgehead atoms. The predicted octanol–water partition coefficient (Wildman–Crippen LogP) is 3.65. The van der Waals surface area contributed by atoms with E-state index in [1.54, 1.807) is 55.5 Å². The minimum absolute atomic E-state index is 0.279. The van der Waals surface area contributed by atoms with Crippen molar-refractivity contribution < 1.29 is 14.4 Å². The van der Waals surface area contributed by atoms with Crippen molar-refractivity contribution in [3.05, 3.63) is 64.7 Å². The summed E-state index contributed by atoms with van der Waals surface area (Å²) >= 11 is 5.83. The third kappa shape index (κ3) is 4.04. The molecule has 4 amide bonds. The molecule has 1 unspecified atom stereocenters. The number of halogens is 1. The van der Waals surface area contributed by atoms with E-state index in [1.165, 1.54) is 6.21 Å². The molecule has 1 aliphatic rings. The average molecular weight is 399 g/mol. The molecular weight excluding hydrogens is 380 g/mol. The van der Waals surface area contributed by atoms with Crippen LogP contribution in [0.5, 0.6) is 0 Å². The molecule has 0 spiro atoms. The van der Waals surface area contributed by atoms with E-state index in [9.17, 15) is 14.4 Å². The summed E-state index contributed by atoms with van der Waals surface area (Å²) < 4.78 is 0. The molecule has 0 saturated carbocycles. The number of urea groups is 1. The second-order valence-corrected chi connectivity index (χ2v) is 7.00. The van der Waals surface area contributed by atoms with Crippen molar-refractivity contribution >= 4 is 41.3 Å². The van der Waals surface area contributed by atoms with Crippen molar-refractivity contribution in [3.8, 4) is 0 Å². The predicted molar refractivity (Wildman–Crippen MR) is 108 cm³/mol. The van der Waals surface area contributed by atoms with Gasteiger partial charge in [0.25, 0.3) is 11.8 Å². The van der Waals surface area contributed by atoms with Gasteiger partial charge in [-0.05, 0) is 55.3 Å². The SMILES string of the molecule is CCC1(C)NC(=O)N(/N=C/c2cccc(NC(=O)c3ccc(Cl)cc3)c2)C1=O. The molecule has 144 valence electrons. The van der Waals surface area contributed by atoms with Gasteiger partial charge in [0.2, 0.25) is 0 Å². The molecule has 3 rings (SSSR count). The summed E-state index contributed by atoms with van der Waals surface area (Å²) in [6.45, 7) is 3.48. The molecule has 0 aromatic heterocycles. The minimum atomic E-state index is -0.942. The quantitative estimate of drug-likeness (QED) is 0.595. The number of rotatable bonds is 5. The second-order valence-electron chi connectivity index (χ2n) is 6.56. The van der Waals surface area contributed by atoms with E-state index in [2.05, 4.69) is 15.7 Å². The molecule has 28 heavy (non-hydrogen) atoms. The van der Waals surface area contributed by atoms with Crippen LogP contribution in [0, 0.1) is 0 Å². The summed E-state index contributed by atoms with van der Waals surface area (Å²) in [4.78, 5) is 36.6. The van der Waals surface area contributed by atoms with Crippen LogP contribution in [0.15, 0.2) is 53.6 Å². The smallest absolute Gasteiger partial charge is 0.322 e. The summed E-state index contributed by atoms with van der Waals surface area (Å²) in [5.74, 6) is -0.679. The number of anilines is 1. The van der Waals surface area contributed by atoms with Gasteiger partial charge in [-0.15, -0.1) is 5.01 Å². The Labute approximate surface area is 167 Å². The Balaban J connectivity index is 1.72. The van der Waals surface area contributed by atoms with Crippen LogP contribution in [-0.2, 0) is 4.79 Å². The fraction of sp³-hybridized carbons (Fsp3) is 0.200. The number of hydrogen-bond donors (Lipinski definition) is 2. The molecule has 2 aromatic rings. The first-order valence-corrected chi connectivity index (χ1v) is 9.08. The first-order chi connectivity index (χ1) is 13.3. The second kappa shape index (κ2) is 7.82. The fourth-order valence-corrected chi connectivity index (χ4v) is 2.76. The molecule has 1 fully saturated rings. The third-order valence-electron chi connectivity index (χ3n) is 4.52. The molecule has 1 aliphatic heterocycles. The highest BCUT2D eigenvalue weighted by molar-refractivity contribution is 6.30. The summed E-state index contributed by atoms with van der Waals surface area (Å²) in [5.41, 5.74) is 0.712. The van der Waals surface area contributed by atoms with E-state index in [4.69, 9.17) is 11.6 Å². The average Bonchev–Trinajstić information content (AvgIpc) is 2.90. The zero-order valence-corrected chi connectivity index (χ0v) is 16.2. The maximum absolute atomic E-state index is 12.3. The highest BCUT2D eigenvalue weighted by atomic mass is 35.5. The topological polar surface area (TPSA) is 90.9 Å². The van der Waals surface area contributed by atoms with Crippen LogP contribution in [0.1, 0.15) is 36.2 Å². The number of nitrogens with zero attached hydrogens (tertiary/aromatic N) is 2. The van der Waals surface area contributed by atoms with Crippen molar-refractivity contribution in [3.63, 3.8) is 0 Å². The highest BCUT2D eigenvalue weighted by Gasteiger charge is 2.46. The third-order valence-corrected chi connectivity index (χ3v) is 4.77. The minimum Gasteiger partial charge on any atom is -0.322 e. The van der Waals surface area contributed by atoms with Gasteiger partial charge in [-0.2, -0.15) is 5.10 Å². The normalized spacial score (nSPS) is 19.2. The molecule has 0 radical (unpaired) electrons. The number of amides is 4. The number of hydrogen-bond acceptors (Lipinski definition) is 4. The highest BCUT2D eigenvalue weighted by Crippen LogP contribution is 2.21. The number of benzene rings is 2. The van der Waals surface area contributed by atoms with Gasteiger partial charge in [-0.1, -0.05) is 30.7 Å². The molecule has 1 atom stereocenters. The van der Waals surface area contributed by atoms with Crippen LogP contribution in [0.25, 0.3) is 0 Å². The molecule has 7 nitrogen and oxygen atoms in total. The number of hydrazone groups is 1. The van der Waals surface area contributed by atoms with E-state index >= 15 is 0 Å². The van der Waals surface area contributed by atoms with Crippen LogP contribution < -0.4 is 10.6 Å².